The highest BCUT2D eigenvalue weighted by Gasteiger charge is 2.51. The first-order chi connectivity index (χ1) is 14.4. The quantitative estimate of drug-likeness (QED) is 0.184. The highest BCUT2D eigenvalue weighted by molar-refractivity contribution is 8.12. The van der Waals surface area contributed by atoms with Gasteiger partial charge in [0, 0.05) is 5.02 Å². The Balaban J connectivity index is 1.27. The molecule has 0 aromatic heterocycles. The summed E-state index contributed by atoms with van der Waals surface area (Å²) in [6, 6.07) is 6.56. The standard InChI is InChI=1S/C22H28ClNO5S/c1-15-12-16(15)13-19(20(25)26)24-30-21(27)22(14-29-22)10-4-2-3-5-11-28-18-8-6-17(23)7-9-18/h6-9,16,19,24H,1-5,10-14H2,(H,25,26). The van der Waals surface area contributed by atoms with Crippen LogP contribution in [0.5, 0.6) is 5.75 Å². The van der Waals surface area contributed by atoms with E-state index in [4.69, 9.17) is 21.1 Å². The topological polar surface area (TPSA) is 88.2 Å². The zero-order valence-corrected chi connectivity index (χ0v) is 18.5. The van der Waals surface area contributed by atoms with E-state index >= 15 is 0 Å². The number of hydrogen-bond acceptors (Lipinski definition) is 6. The molecule has 1 saturated carbocycles. The van der Waals surface area contributed by atoms with Crippen LogP contribution in [-0.2, 0) is 14.3 Å². The predicted molar refractivity (Wildman–Crippen MR) is 118 cm³/mol. The van der Waals surface area contributed by atoms with Crippen LogP contribution in [0, 0.1) is 5.92 Å². The van der Waals surface area contributed by atoms with E-state index in [-0.39, 0.29) is 11.0 Å². The molecule has 1 heterocycles. The van der Waals surface area contributed by atoms with Crippen molar-refractivity contribution in [3.8, 4) is 5.75 Å². The summed E-state index contributed by atoms with van der Waals surface area (Å²) < 4.78 is 13.9. The van der Waals surface area contributed by atoms with Crippen LogP contribution in [0.4, 0.5) is 0 Å². The number of carbonyl (C=O) groups excluding carboxylic acids is 1. The normalized spacial score (nSPS) is 23.1. The van der Waals surface area contributed by atoms with E-state index in [9.17, 15) is 14.7 Å². The van der Waals surface area contributed by atoms with E-state index in [0.717, 1.165) is 55.4 Å². The van der Waals surface area contributed by atoms with Crippen molar-refractivity contribution in [2.45, 2.75) is 56.6 Å². The molecule has 2 N–H and O–H groups in total. The van der Waals surface area contributed by atoms with Gasteiger partial charge in [-0.15, -0.1) is 0 Å². The summed E-state index contributed by atoms with van der Waals surface area (Å²) in [5.41, 5.74) is 0.337. The summed E-state index contributed by atoms with van der Waals surface area (Å²) in [4.78, 5) is 23.9. The van der Waals surface area contributed by atoms with Crippen LogP contribution in [-0.4, -0.2) is 41.0 Å². The van der Waals surface area contributed by atoms with Crippen LogP contribution in [0.2, 0.25) is 5.02 Å². The lowest BCUT2D eigenvalue weighted by molar-refractivity contribution is -0.139. The number of unbranched alkanes of at least 4 members (excludes halogenated alkanes) is 3. The monoisotopic (exact) mass is 453 g/mol. The number of nitrogens with one attached hydrogen (secondary N) is 1. The predicted octanol–water partition coefficient (Wildman–Crippen LogP) is 4.62. The van der Waals surface area contributed by atoms with Crippen molar-refractivity contribution < 1.29 is 24.2 Å². The number of allylic oxidation sites excluding steroid dienone is 1. The Morgan fingerprint density at radius 1 is 1.30 bits per heavy atom. The lowest BCUT2D eigenvalue weighted by atomic mass is 10.0. The maximum atomic E-state index is 12.5. The van der Waals surface area contributed by atoms with Crippen molar-refractivity contribution in [3.05, 3.63) is 41.4 Å². The second-order valence-corrected chi connectivity index (χ2v) is 9.19. The molecule has 0 bridgehead atoms. The smallest absolute Gasteiger partial charge is 0.321 e. The minimum atomic E-state index is -0.943. The SMILES string of the molecule is C=C1CC1CC(NSC(=O)C1(CCCCCCOc2ccc(Cl)cc2)CO1)C(=O)O. The van der Waals surface area contributed by atoms with Crippen LogP contribution in [0.1, 0.15) is 44.9 Å². The Hall–Kier alpha value is -1.54. The van der Waals surface area contributed by atoms with E-state index in [1.54, 1.807) is 12.1 Å². The van der Waals surface area contributed by atoms with Gasteiger partial charge in [-0.25, -0.2) is 4.72 Å². The average molecular weight is 454 g/mol. The summed E-state index contributed by atoms with van der Waals surface area (Å²) in [6.07, 6.45) is 5.83. The van der Waals surface area contributed by atoms with E-state index in [0.29, 0.717) is 31.1 Å². The van der Waals surface area contributed by atoms with Crippen molar-refractivity contribution in [1.82, 2.24) is 4.72 Å². The molecule has 1 aliphatic heterocycles. The number of carboxylic acid groups (broad SMARTS) is 1. The van der Waals surface area contributed by atoms with Crippen molar-refractivity contribution >= 4 is 34.6 Å². The van der Waals surface area contributed by atoms with Crippen LogP contribution >= 0.6 is 23.5 Å². The van der Waals surface area contributed by atoms with Crippen molar-refractivity contribution in [2.24, 2.45) is 5.92 Å². The zero-order chi connectivity index (χ0) is 21.6. The molecule has 30 heavy (non-hydrogen) atoms. The zero-order valence-electron chi connectivity index (χ0n) is 16.9. The Bertz CT molecular complexity index is 765. The molecule has 3 unspecified atom stereocenters. The van der Waals surface area contributed by atoms with Gasteiger partial charge in [-0.05, 0) is 74.2 Å². The molecule has 3 rings (SSSR count). The number of ether oxygens (including phenoxy) is 2. The first kappa shape index (κ1) is 23.1. The fourth-order valence-corrected chi connectivity index (χ4v) is 4.23. The Morgan fingerprint density at radius 2 is 1.97 bits per heavy atom. The third-order valence-corrected chi connectivity index (χ3v) is 6.67. The van der Waals surface area contributed by atoms with Gasteiger partial charge in [-0.2, -0.15) is 0 Å². The maximum Gasteiger partial charge on any atom is 0.321 e. The first-order valence-corrected chi connectivity index (χ1v) is 11.5. The van der Waals surface area contributed by atoms with Gasteiger partial charge in [0.2, 0.25) is 5.12 Å². The molecule has 1 aliphatic carbocycles. The number of aliphatic carboxylic acids is 1. The molecule has 0 amide bonds. The van der Waals surface area contributed by atoms with E-state index in [1.807, 2.05) is 12.1 Å². The molecule has 1 aromatic rings. The van der Waals surface area contributed by atoms with Crippen LogP contribution in [0.15, 0.2) is 36.4 Å². The van der Waals surface area contributed by atoms with E-state index in [1.165, 1.54) is 0 Å². The fourth-order valence-electron chi connectivity index (χ4n) is 3.25. The molecule has 0 spiro atoms. The Morgan fingerprint density at radius 3 is 2.57 bits per heavy atom. The number of carboxylic acids is 1. The van der Waals surface area contributed by atoms with Crippen LogP contribution in [0.25, 0.3) is 0 Å². The molecule has 164 valence electrons. The van der Waals surface area contributed by atoms with Crippen molar-refractivity contribution in [1.29, 1.82) is 0 Å². The second kappa shape index (κ2) is 10.7. The summed E-state index contributed by atoms with van der Waals surface area (Å²) in [5.74, 6) is 0.121. The van der Waals surface area contributed by atoms with Gasteiger partial charge in [0.15, 0.2) is 5.60 Å². The minimum absolute atomic E-state index is 0.130. The largest absolute Gasteiger partial charge is 0.494 e. The Kier molecular flexibility index (Phi) is 8.22. The summed E-state index contributed by atoms with van der Waals surface area (Å²) in [7, 11) is 0. The summed E-state index contributed by atoms with van der Waals surface area (Å²) >= 11 is 6.72. The van der Waals surface area contributed by atoms with Gasteiger partial charge in [0.25, 0.3) is 0 Å². The first-order valence-electron chi connectivity index (χ1n) is 10.3. The third-order valence-electron chi connectivity index (χ3n) is 5.46. The molecule has 0 radical (unpaired) electrons. The van der Waals surface area contributed by atoms with Crippen molar-refractivity contribution in [2.75, 3.05) is 13.2 Å². The van der Waals surface area contributed by atoms with Gasteiger partial charge in [-0.3, -0.25) is 9.59 Å². The van der Waals surface area contributed by atoms with Gasteiger partial charge < -0.3 is 14.6 Å². The molecular weight excluding hydrogens is 426 g/mol. The van der Waals surface area contributed by atoms with Gasteiger partial charge in [0.05, 0.1) is 13.2 Å². The van der Waals surface area contributed by atoms with Gasteiger partial charge in [-0.1, -0.05) is 36.6 Å². The highest BCUT2D eigenvalue weighted by atomic mass is 35.5. The molecule has 1 saturated heterocycles. The minimum Gasteiger partial charge on any atom is -0.494 e. The molecule has 2 aliphatic rings. The molecular formula is C22H28ClNO5S. The number of hydrogen-bond donors (Lipinski definition) is 2. The number of benzene rings is 1. The number of halogens is 1. The average Bonchev–Trinajstić information content (AvgIpc) is 3.63. The lowest BCUT2D eigenvalue weighted by Crippen LogP contribution is -2.35. The van der Waals surface area contributed by atoms with Crippen LogP contribution < -0.4 is 9.46 Å². The highest BCUT2D eigenvalue weighted by Crippen LogP contribution is 2.40. The van der Waals surface area contributed by atoms with Gasteiger partial charge >= 0.3 is 5.97 Å². The van der Waals surface area contributed by atoms with E-state index < -0.39 is 17.6 Å². The maximum absolute atomic E-state index is 12.5. The lowest BCUT2D eigenvalue weighted by Gasteiger charge is -2.15. The Labute approximate surface area is 186 Å². The number of carbonyl (C=O) groups is 2. The van der Waals surface area contributed by atoms with E-state index in [2.05, 4.69) is 11.3 Å². The number of epoxide rings is 1. The molecule has 2 fully saturated rings. The summed E-state index contributed by atoms with van der Waals surface area (Å²) in [5, 5.41) is 9.89. The van der Waals surface area contributed by atoms with Gasteiger partial charge in [0.1, 0.15) is 11.8 Å². The number of rotatable bonds is 14. The van der Waals surface area contributed by atoms with Crippen molar-refractivity contribution in [3.63, 3.8) is 0 Å². The summed E-state index contributed by atoms with van der Waals surface area (Å²) in [6.45, 7) is 4.92. The molecule has 1 aromatic carbocycles. The molecule has 3 atom stereocenters. The molecule has 8 heteroatoms. The molecule has 6 nitrogen and oxygen atoms in total. The third kappa shape index (κ3) is 7.01. The second-order valence-electron chi connectivity index (χ2n) is 7.94. The van der Waals surface area contributed by atoms with Crippen LogP contribution in [0.3, 0.4) is 0 Å². The fraction of sp³-hybridized carbons (Fsp3) is 0.545.